The summed E-state index contributed by atoms with van der Waals surface area (Å²) in [5, 5.41) is 14.1. The zero-order valence-electron chi connectivity index (χ0n) is 13.5. The minimum Gasteiger partial charge on any atom is -0.319 e. The van der Waals surface area contributed by atoms with Gasteiger partial charge in [0, 0.05) is 6.04 Å². The van der Waals surface area contributed by atoms with Gasteiger partial charge in [0.1, 0.15) is 0 Å². The SMILES string of the molecule is CNCC(CNC(C)C)CC(C)/C=C(C)/C=C\C(=N)Br. The van der Waals surface area contributed by atoms with Crippen LogP contribution in [0.15, 0.2) is 23.8 Å². The van der Waals surface area contributed by atoms with E-state index in [2.05, 4.69) is 60.3 Å². The van der Waals surface area contributed by atoms with Crippen molar-refractivity contribution in [1.29, 1.82) is 5.41 Å². The summed E-state index contributed by atoms with van der Waals surface area (Å²) in [6.45, 7) is 10.8. The maximum absolute atomic E-state index is 7.32. The Hall–Kier alpha value is -0.450. The minimum absolute atomic E-state index is 0.409. The van der Waals surface area contributed by atoms with Gasteiger partial charge in [0.15, 0.2) is 0 Å². The number of halogens is 1. The number of hydrogen-bond donors (Lipinski definition) is 3. The summed E-state index contributed by atoms with van der Waals surface area (Å²) in [6.07, 6.45) is 7.19. The van der Waals surface area contributed by atoms with Crippen molar-refractivity contribution in [3.05, 3.63) is 23.8 Å². The molecule has 0 bridgehead atoms. The van der Waals surface area contributed by atoms with E-state index < -0.39 is 0 Å². The Kier molecular flexibility index (Phi) is 11.0. The Bertz CT molecular complexity index is 335. The fourth-order valence-corrected chi connectivity index (χ4v) is 2.36. The van der Waals surface area contributed by atoms with Crippen molar-refractivity contribution in [2.45, 2.75) is 40.2 Å². The van der Waals surface area contributed by atoms with Crippen LogP contribution in [0.5, 0.6) is 0 Å². The molecular formula is C16H30BrN3. The highest BCUT2D eigenvalue weighted by atomic mass is 79.9. The summed E-state index contributed by atoms with van der Waals surface area (Å²) in [5.74, 6) is 1.18. The van der Waals surface area contributed by atoms with Crippen molar-refractivity contribution < 1.29 is 0 Å². The van der Waals surface area contributed by atoms with Crippen LogP contribution in [0, 0.1) is 17.2 Å². The van der Waals surface area contributed by atoms with Gasteiger partial charge in [-0.25, -0.2) is 0 Å². The molecule has 0 aromatic carbocycles. The van der Waals surface area contributed by atoms with E-state index in [1.807, 2.05) is 13.1 Å². The topological polar surface area (TPSA) is 47.9 Å². The summed E-state index contributed by atoms with van der Waals surface area (Å²) in [6, 6.07) is 0.537. The molecule has 0 aliphatic heterocycles. The standard InChI is InChI=1S/C16H30BrN3/c1-12(2)20-11-15(10-19-5)9-14(4)8-13(3)6-7-16(17)18/h6-8,12,14-15,18-20H,9-11H2,1-5H3/b7-6-,13-8+,18-16?. The number of rotatable bonds is 10. The predicted molar refractivity (Wildman–Crippen MR) is 93.9 cm³/mol. The van der Waals surface area contributed by atoms with E-state index in [1.54, 1.807) is 6.08 Å². The quantitative estimate of drug-likeness (QED) is 0.418. The molecule has 0 aliphatic rings. The van der Waals surface area contributed by atoms with Crippen LogP contribution < -0.4 is 10.6 Å². The van der Waals surface area contributed by atoms with Crippen molar-refractivity contribution in [3.63, 3.8) is 0 Å². The highest BCUT2D eigenvalue weighted by Gasteiger charge is 2.11. The van der Waals surface area contributed by atoms with Crippen LogP contribution in [-0.2, 0) is 0 Å². The third-order valence-corrected chi connectivity index (χ3v) is 3.32. The Balaban J connectivity index is 4.39. The van der Waals surface area contributed by atoms with E-state index in [-0.39, 0.29) is 0 Å². The third-order valence-electron chi connectivity index (χ3n) is 3.05. The number of allylic oxidation sites excluding steroid dienone is 4. The zero-order chi connectivity index (χ0) is 15.5. The lowest BCUT2D eigenvalue weighted by atomic mass is 9.93. The van der Waals surface area contributed by atoms with Gasteiger partial charge in [-0.15, -0.1) is 0 Å². The number of hydrogen-bond acceptors (Lipinski definition) is 3. The summed E-state index contributed by atoms with van der Waals surface area (Å²) >= 11 is 3.12. The zero-order valence-corrected chi connectivity index (χ0v) is 15.0. The first kappa shape index (κ1) is 19.6. The summed E-state index contributed by atoms with van der Waals surface area (Å²) in [5.41, 5.74) is 1.21. The first-order valence-electron chi connectivity index (χ1n) is 7.33. The van der Waals surface area contributed by atoms with Gasteiger partial charge in [0.25, 0.3) is 0 Å². The van der Waals surface area contributed by atoms with Gasteiger partial charge in [0.05, 0.1) is 4.62 Å². The van der Waals surface area contributed by atoms with Gasteiger partial charge < -0.3 is 10.6 Å². The second-order valence-electron chi connectivity index (χ2n) is 5.79. The molecule has 0 heterocycles. The van der Waals surface area contributed by atoms with Gasteiger partial charge in [0.2, 0.25) is 0 Å². The van der Waals surface area contributed by atoms with E-state index in [9.17, 15) is 0 Å². The maximum atomic E-state index is 7.32. The Labute approximate surface area is 132 Å². The molecule has 0 radical (unpaired) electrons. The van der Waals surface area contributed by atoms with Crippen LogP contribution in [-0.4, -0.2) is 30.8 Å². The molecule has 0 rings (SSSR count). The molecular weight excluding hydrogens is 314 g/mol. The van der Waals surface area contributed by atoms with Crippen LogP contribution in [0.2, 0.25) is 0 Å². The second kappa shape index (κ2) is 11.2. The summed E-state index contributed by atoms with van der Waals surface area (Å²) < 4.78 is 0.409. The van der Waals surface area contributed by atoms with Gasteiger partial charge in [-0.2, -0.15) is 0 Å². The average Bonchev–Trinajstić information content (AvgIpc) is 2.33. The Morgan fingerprint density at radius 2 is 1.85 bits per heavy atom. The lowest BCUT2D eigenvalue weighted by Crippen LogP contribution is -2.34. The fourth-order valence-electron chi connectivity index (χ4n) is 2.23. The predicted octanol–water partition coefficient (Wildman–Crippen LogP) is 3.72. The van der Waals surface area contributed by atoms with Gasteiger partial charge in [-0.05, 0) is 67.3 Å². The van der Waals surface area contributed by atoms with Gasteiger partial charge in [-0.3, -0.25) is 5.41 Å². The smallest absolute Gasteiger partial charge is 0.0966 e. The van der Waals surface area contributed by atoms with E-state index in [0.29, 0.717) is 22.5 Å². The van der Waals surface area contributed by atoms with Gasteiger partial charge >= 0.3 is 0 Å². The van der Waals surface area contributed by atoms with Crippen LogP contribution in [0.25, 0.3) is 0 Å². The van der Waals surface area contributed by atoms with Crippen molar-refractivity contribution in [3.8, 4) is 0 Å². The minimum atomic E-state index is 0.409. The molecule has 0 spiro atoms. The van der Waals surface area contributed by atoms with Crippen molar-refractivity contribution in [2.24, 2.45) is 11.8 Å². The maximum Gasteiger partial charge on any atom is 0.0966 e. The molecule has 0 aromatic rings. The molecule has 0 aromatic heterocycles. The third kappa shape index (κ3) is 11.4. The second-order valence-corrected chi connectivity index (χ2v) is 6.65. The average molecular weight is 344 g/mol. The molecule has 2 unspecified atom stereocenters. The Morgan fingerprint density at radius 1 is 1.20 bits per heavy atom. The largest absolute Gasteiger partial charge is 0.319 e. The normalized spacial score (nSPS) is 15.8. The lowest BCUT2D eigenvalue weighted by Gasteiger charge is -2.21. The molecule has 3 N–H and O–H groups in total. The molecule has 2 atom stereocenters. The monoisotopic (exact) mass is 343 g/mol. The molecule has 4 heteroatoms. The highest BCUT2D eigenvalue weighted by molar-refractivity contribution is 9.18. The first-order chi connectivity index (χ1) is 9.35. The van der Waals surface area contributed by atoms with E-state index in [4.69, 9.17) is 5.41 Å². The van der Waals surface area contributed by atoms with Gasteiger partial charge in [-0.1, -0.05) is 38.5 Å². The van der Waals surface area contributed by atoms with E-state index in [0.717, 1.165) is 19.5 Å². The van der Waals surface area contributed by atoms with Crippen molar-refractivity contribution in [2.75, 3.05) is 20.1 Å². The first-order valence-corrected chi connectivity index (χ1v) is 8.13. The molecule has 20 heavy (non-hydrogen) atoms. The molecule has 0 amide bonds. The van der Waals surface area contributed by atoms with Crippen molar-refractivity contribution >= 4 is 20.6 Å². The van der Waals surface area contributed by atoms with Crippen LogP contribution in [0.3, 0.4) is 0 Å². The van der Waals surface area contributed by atoms with E-state index >= 15 is 0 Å². The lowest BCUT2D eigenvalue weighted by molar-refractivity contribution is 0.380. The molecule has 3 nitrogen and oxygen atoms in total. The number of nitrogens with one attached hydrogen (secondary N) is 3. The van der Waals surface area contributed by atoms with Crippen LogP contribution in [0.4, 0.5) is 0 Å². The summed E-state index contributed by atoms with van der Waals surface area (Å²) in [4.78, 5) is 0. The molecule has 0 saturated heterocycles. The molecule has 0 saturated carbocycles. The summed E-state index contributed by atoms with van der Waals surface area (Å²) in [7, 11) is 2.01. The molecule has 0 fully saturated rings. The van der Waals surface area contributed by atoms with Crippen LogP contribution in [0.1, 0.15) is 34.1 Å². The Morgan fingerprint density at radius 3 is 2.35 bits per heavy atom. The van der Waals surface area contributed by atoms with E-state index in [1.165, 1.54) is 5.57 Å². The fraction of sp³-hybridized carbons (Fsp3) is 0.688. The molecule has 0 aliphatic carbocycles. The highest BCUT2D eigenvalue weighted by Crippen LogP contribution is 2.15. The van der Waals surface area contributed by atoms with Crippen LogP contribution >= 0.6 is 15.9 Å². The van der Waals surface area contributed by atoms with Crippen molar-refractivity contribution in [1.82, 2.24) is 10.6 Å². The molecule has 116 valence electrons.